The molecule has 2 atom stereocenters. The van der Waals surface area contributed by atoms with Crippen LogP contribution in [0, 0.1) is 6.92 Å². The van der Waals surface area contributed by atoms with Gasteiger partial charge in [0.25, 0.3) is 0 Å². The number of morpholine rings is 1. The Labute approximate surface area is 115 Å². The van der Waals surface area contributed by atoms with Gasteiger partial charge < -0.3 is 10.5 Å². The second-order valence-corrected chi connectivity index (χ2v) is 5.93. The van der Waals surface area contributed by atoms with Crippen LogP contribution in [0.5, 0.6) is 0 Å². The van der Waals surface area contributed by atoms with E-state index < -0.39 is 0 Å². The van der Waals surface area contributed by atoms with Crippen LogP contribution in [0.4, 0.5) is 5.69 Å². The molecule has 2 aliphatic rings. The van der Waals surface area contributed by atoms with E-state index in [1.54, 1.807) is 0 Å². The summed E-state index contributed by atoms with van der Waals surface area (Å²) in [5.41, 5.74) is 9.60. The van der Waals surface area contributed by atoms with Gasteiger partial charge in [-0.25, -0.2) is 0 Å². The maximum atomic E-state index is 6.12. The molecule has 19 heavy (non-hydrogen) atoms. The number of fused-ring (bicyclic) bond motifs is 1. The lowest BCUT2D eigenvalue weighted by Gasteiger charge is -2.44. The molecule has 0 amide bonds. The van der Waals surface area contributed by atoms with Gasteiger partial charge in [-0.05, 0) is 31.4 Å². The molecule has 1 aromatic rings. The second-order valence-electron chi connectivity index (χ2n) is 5.93. The van der Waals surface area contributed by atoms with Crippen LogP contribution in [0.3, 0.4) is 0 Å². The summed E-state index contributed by atoms with van der Waals surface area (Å²) >= 11 is 0. The number of ether oxygens (including phenoxy) is 1. The van der Waals surface area contributed by atoms with E-state index in [2.05, 4.69) is 24.0 Å². The molecule has 3 nitrogen and oxygen atoms in total. The Kier molecular flexibility index (Phi) is 3.76. The van der Waals surface area contributed by atoms with Gasteiger partial charge in [0, 0.05) is 24.8 Å². The molecular weight excluding hydrogens is 236 g/mol. The Morgan fingerprint density at radius 2 is 2.16 bits per heavy atom. The molecule has 0 aromatic heterocycles. The van der Waals surface area contributed by atoms with Gasteiger partial charge in [-0.3, -0.25) is 4.90 Å². The smallest absolute Gasteiger partial charge is 0.0731 e. The molecule has 2 fully saturated rings. The van der Waals surface area contributed by atoms with Crippen LogP contribution in [-0.2, 0) is 11.3 Å². The zero-order valence-corrected chi connectivity index (χ0v) is 11.8. The van der Waals surface area contributed by atoms with Crippen molar-refractivity contribution in [2.75, 3.05) is 18.9 Å². The molecular formula is C16H24N2O. The van der Waals surface area contributed by atoms with Gasteiger partial charge in [-0.2, -0.15) is 0 Å². The molecule has 2 N–H and O–H groups in total. The summed E-state index contributed by atoms with van der Waals surface area (Å²) in [4.78, 5) is 2.58. The van der Waals surface area contributed by atoms with E-state index >= 15 is 0 Å². The van der Waals surface area contributed by atoms with E-state index in [1.165, 1.54) is 36.8 Å². The van der Waals surface area contributed by atoms with Crippen LogP contribution in [0.15, 0.2) is 18.2 Å². The molecule has 0 radical (unpaired) electrons. The van der Waals surface area contributed by atoms with Crippen molar-refractivity contribution in [1.29, 1.82) is 0 Å². The molecule has 0 spiro atoms. The molecule has 3 heteroatoms. The van der Waals surface area contributed by atoms with Crippen molar-refractivity contribution in [1.82, 2.24) is 4.90 Å². The summed E-state index contributed by atoms with van der Waals surface area (Å²) in [5.74, 6) is 0. The number of nitrogens with zero attached hydrogens (tertiary/aromatic N) is 1. The Bertz CT molecular complexity index is 444. The Morgan fingerprint density at radius 3 is 3.05 bits per heavy atom. The Morgan fingerprint density at radius 1 is 1.32 bits per heavy atom. The van der Waals surface area contributed by atoms with Crippen LogP contribution in [0.1, 0.15) is 36.8 Å². The summed E-state index contributed by atoms with van der Waals surface area (Å²) in [6.45, 7) is 5.01. The van der Waals surface area contributed by atoms with Crippen molar-refractivity contribution in [3.8, 4) is 0 Å². The fourth-order valence-electron chi connectivity index (χ4n) is 3.46. The normalized spacial score (nSPS) is 28.1. The second kappa shape index (κ2) is 5.51. The molecule has 1 saturated carbocycles. The number of rotatable bonds is 2. The first-order valence-corrected chi connectivity index (χ1v) is 7.45. The van der Waals surface area contributed by atoms with E-state index in [9.17, 15) is 0 Å². The van der Waals surface area contributed by atoms with Crippen LogP contribution in [-0.4, -0.2) is 30.2 Å². The van der Waals surface area contributed by atoms with Crippen molar-refractivity contribution in [2.45, 2.75) is 51.3 Å². The number of nitrogens with two attached hydrogens (primary N) is 1. The summed E-state index contributed by atoms with van der Waals surface area (Å²) in [7, 11) is 0. The van der Waals surface area contributed by atoms with Gasteiger partial charge in [0.2, 0.25) is 0 Å². The number of hydrogen-bond acceptors (Lipinski definition) is 3. The van der Waals surface area contributed by atoms with Crippen molar-refractivity contribution >= 4 is 5.69 Å². The number of aryl methyl sites for hydroxylation is 1. The van der Waals surface area contributed by atoms with Gasteiger partial charge in [0.1, 0.15) is 0 Å². The summed E-state index contributed by atoms with van der Waals surface area (Å²) in [5, 5.41) is 0. The van der Waals surface area contributed by atoms with E-state index in [0.717, 1.165) is 25.4 Å². The number of nitrogen functional groups attached to an aromatic ring is 1. The lowest BCUT2D eigenvalue weighted by atomic mass is 9.90. The third kappa shape index (κ3) is 2.77. The average Bonchev–Trinajstić information content (AvgIpc) is 2.43. The average molecular weight is 260 g/mol. The fraction of sp³-hybridized carbons (Fsp3) is 0.625. The monoisotopic (exact) mass is 260 g/mol. The molecule has 104 valence electrons. The highest BCUT2D eigenvalue weighted by Crippen LogP contribution is 2.30. The topological polar surface area (TPSA) is 38.5 Å². The molecule has 1 aliphatic heterocycles. The van der Waals surface area contributed by atoms with Gasteiger partial charge >= 0.3 is 0 Å². The first kappa shape index (κ1) is 12.9. The summed E-state index contributed by atoms with van der Waals surface area (Å²) in [6, 6.07) is 6.94. The van der Waals surface area contributed by atoms with Crippen molar-refractivity contribution in [3.63, 3.8) is 0 Å². The molecule has 2 unspecified atom stereocenters. The Balaban J connectivity index is 1.75. The molecule has 1 saturated heterocycles. The number of hydrogen-bond donors (Lipinski definition) is 1. The first-order chi connectivity index (χ1) is 9.24. The molecule has 0 bridgehead atoms. The largest absolute Gasteiger partial charge is 0.398 e. The lowest BCUT2D eigenvalue weighted by Crippen LogP contribution is -2.52. The van der Waals surface area contributed by atoms with Gasteiger partial charge in [-0.1, -0.05) is 30.5 Å². The number of anilines is 1. The highest BCUT2D eigenvalue weighted by Gasteiger charge is 2.34. The van der Waals surface area contributed by atoms with E-state index in [4.69, 9.17) is 10.5 Å². The maximum Gasteiger partial charge on any atom is 0.0731 e. The van der Waals surface area contributed by atoms with Crippen LogP contribution >= 0.6 is 0 Å². The number of benzene rings is 1. The summed E-state index contributed by atoms with van der Waals surface area (Å²) < 4.78 is 5.93. The van der Waals surface area contributed by atoms with Crippen LogP contribution < -0.4 is 5.73 Å². The molecule has 1 aromatic carbocycles. The fourth-order valence-corrected chi connectivity index (χ4v) is 3.46. The predicted molar refractivity (Wildman–Crippen MR) is 78.0 cm³/mol. The third-order valence-electron chi connectivity index (χ3n) is 4.52. The van der Waals surface area contributed by atoms with E-state index in [0.29, 0.717) is 12.1 Å². The van der Waals surface area contributed by atoms with Crippen molar-refractivity contribution < 1.29 is 4.74 Å². The molecule has 3 rings (SSSR count). The zero-order valence-electron chi connectivity index (χ0n) is 11.8. The zero-order chi connectivity index (χ0) is 13.2. The quantitative estimate of drug-likeness (QED) is 0.831. The van der Waals surface area contributed by atoms with Crippen LogP contribution in [0.2, 0.25) is 0 Å². The Hall–Kier alpha value is -1.06. The highest BCUT2D eigenvalue weighted by atomic mass is 16.5. The third-order valence-corrected chi connectivity index (χ3v) is 4.52. The van der Waals surface area contributed by atoms with Gasteiger partial charge in [0.05, 0.1) is 12.7 Å². The lowest BCUT2D eigenvalue weighted by molar-refractivity contribution is -0.0910. The maximum absolute atomic E-state index is 6.12. The van der Waals surface area contributed by atoms with Gasteiger partial charge in [0.15, 0.2) is 0 Å². The van der Waals surface area contributed by atoms with E-state index in [1.807, 2.05) is 6.07 Å². The molecule has 1 heterocycles. The van der Waals surface area contributed by atoms with Crippen LogP contribution in [0.25, 0.3) is 0 Å². The predicted octanol–water partition coefficient (Wildman–Crippen LogP) is 2.72. The first-order valence-electron chi connectivity index (χ1n) is 7.45. The summed E-state index contributed by atoms with van der Waals surface area (Å²) in [6.07, 6.45) is 5.61. The standard InChI is InChI=1S/C16H24N2O/c1-12-6-7-14(17)13(10-12)11-18-8-9-19-16-5-3-2-4-15(16)18/h6-7,10,15-16H,2-5,8-9,11,17H2,1H3. The highest BCUT2D eigenvalue weighted by molar-refractivity contribution is 5.48. The minimum atomic E-state index is 0.452. The van der Waals surface area contributed by atoms with Crippen molar-refractivity contribution in [2.24, 2.45) is 0 Å². The minimum Gasteiger partial charge on any atom is -0.398 e. The van der Waals surface area contributed by atoms with Crippen molar-refractivity contribution in [3.05, 3.63) is 29.3 Å². The van der Waals surface area contributed by atoms with E-state index in [-0.39, 0.29) is 0 Å². The minimum absolute atomic E-state index is 0.452. The van der Waals surface area contributed by atoms with Gasteiger partial charge in [-0.15, -0.1) is 0 Å². The SMILES string of the molecule is Cc1ccc(N)c(CN2CCOC3CCCCC32)c1. The molecule has 1 aliphatic carbocycles.